The first kappa shape index (κ1) is 19.7. The number of sulfone groups is 1. The largest absolute Gasteiger partial charge is 0.496 e. The first-order chi connectivity index (χ1) is 12.1. The summed E-state index contributed by atoms with van der Waals surface area (Å²) in [5.74, 6) is -0.393. The second-order valence-electron chi connectivity index (χ2n) is 5.24. The normalized spacial score (nSPS) is 11.0. The number of nitrogens with zero attached hydrogens (tertiary/aromatic N) is 1. The van der Waals surface area contributed by atoms with Gasteiger partial charge in [0, 0.05) is 22.9 Å². The Morgan fingerprint density at radius 3 is 2.50 bits per heavy atom. The van der Waals surface area contributed by atoms with Gasteiger partial charge in [0.05, 0.1) is 17.6 Å². The zero-order valence-corrected chi connectivity index (χ0v) is 15.3. The minimum atomic E-state index is -3.81. The molecular weight excluding hydrogens is 386 g/mol. The van der Waals surface area contributed by atoms with E-state index in [1.54, 1.807) is 18.2 Å². The lowest BCUT2D eigenvalue weighted by Crippen LogP contribution is -2.09. The summed E-state index contributed by atoms with van der Waals surface area (Å²) < 4.78 is 33.5. The Hall–Kier alpha value is -2.65. The van der Waals surface area contributed by atoms with Crippen LogP contribution >= 0.6 is 11.6 Å². The van der Waals surface area contributed by atoms with Gasteiger partial charge in [0.25, 0.3) is 5.69 Å². The average Bonchev–Trinajstić information content (AvgIpc) is 2.58. The van der Waals surface area contributed by atoms with Gasteiger partial charge in [-0.3, -0.25) is 10.1 Å². The number of hydrogen-bond acceptors (Lipinski definition) is 7. The molecule has 0 unspecified atom stereocenters. The molecule has 0 saturated heterocycles. The fraction of sp³-hybridized carbons (Fsp3) is 0.188. The third-order valence-electron chi connectivity index (χ3n) is 3.39. The number of benzene rings is 2. The molecule has 138 valence electrons. The summed E-state index contributed by atoms with van der Waals surface area (Å²) in [5.41, 5.74) is -0.331. The molecule has 10 heteroatoms. The van der Waals surface area contributed by atoms with E-state index in [2.05, 4.69) is 0 Å². The molecule has 0 radical (unpaired) electrons. The Labute approximate surface area is 154 Å². The molecule has 2 rings (SSSR count). The molecular formula is C16H14ClNO7S. The van der Waals surface area contributed by atoms with E-state index in [9.17, 15) is 23.3 Å². The maximum absolute atomic E-state index is 12.2. The van der Waals surface area contributed by atoms with Crippen molar-refractivity contribution >= 4 is 33.1 Å². The zero-order valence-electron chi connectivity index (χ0n) is 13.8. The van der Waals surface area contributed by atoms with Crippen LogP contribution in [0.25, 0.3) is 0 Å². The highest BCUT2D eigenvalue weighted by atomic mass is 35.5. The highest BCUT2D eigenvalue weighted by molar-refractivity contribution is 7.90. The quantitative estimate of drug-likeness (QED) is 0.416. The third kappa shape index (κ3) is 4.50. The fourth-order valence-electron chi connectivity index (χ4n) is 2.19. The Morgan fingerprint density at radius 1 is 1.23 bits per heavy atom. The Bertz CT molecular complexity index is 973. The van der Waals surface area contributed by atoms with Gasteiger partial charge in [-0.25, -0.2) is 13.2 Å². The molecule has 0 N–H and O–H groups in total. The molecule has 0 saturated carbocycles. The van der Waals surface area contributed by atoms with Crippen LogP contribution < -0.4 is 4.74 Å². The summed E-state index contributed by atoms with van der Waals surface area (Å²) >= 11 is 5.89. The van der Waals surface area contributed by atoms with Crippen LogP contribution in [-0.2, 0) is 21.2 Å². The van der Waals surface area contributed by atoms with Crippen molar-refractivity contribution in [2.45, 2.75) is 11.5 Å². The van der Waals surface area contributed by atoms with Gasteiger partial charge in [0.15, 0.2) is 9.84 Å². The molecule has 0 spiro atoms. The molecule has 2 aromatic rings. The van der Waals surface area contributed by atoms with Crippen molar-refractivity contribution in [3.05, 3.63) is 62.7 Å². The molecule has 0 fully saturated rings. The zero-order chi connectivity index (χ0) is 19.5. The topological polar surface area (TPSA) is 113 Å². The van der Waals surface area contributed by atoms with Crippen LogP contribution in [0.4, 0.5) is 5.69 Å². The van der Waals surface area contributed by atoms with E-state index in [1.807, 2.05) is 0 Å². The third-order valence-corrected chi connectivity index (χ3v) is 4.77. The van der Waals surface area contributed by atoms with E-state index in [-0.39, 0.29) is 12.2 Å². The van der Waals surface area contributed by atoms with Gasteiger partial charge >= 0.3 is 5.97 Å². The van der Waals surface area contributed by atoms with Crippen LogP contribution in [0.3, 0.4) is 0 Å². The number of ether oxygens (including phenoxy) is 2. The number of nitro groups is 1. The van der Waals surface area contributed by atoms with E-state index >= 15 is 0 Å². The lowest BCUT2D eigenvalue weighted by atomic mass is 10.2. The number of hydrogen-bond donors (Lipinski definition) is 0. The number of esters is 1. The van der Waals surface area contributed by atoms with Crippen LogP contribution in [0.5, 0.6) is 5.75 Å². The van der Waals surface area contributed by atoms with Gasteiger partial charge in [0.2, 0.25) is 0 Å². The van der Waals surface area contributed by atoms with E-state index < -0.39 is 31.3 Å². The maximum Gasteiger partial charge on any atom is 0.338 e. The molecule has 0 bridgehead atoms. The van der Waals surface area contributed by atoms with Crippen molar-refractivity contribution in [2.75, 3.05) is 13.4 Å². The molecule has 0 aliphatic rings. The summed E-state index contributed by atoms with van der Waals surface area (Å²) in [6.45, 7) is -0.176. The van der Waals surface area contributed by atoms with Crippen LogP contribution in [0.1, 0.15) is 15.9 Å². The van der Waals surface area contributed by atoms with Gasteiger partial charge in [-0.15, -0.1) is 0 Å². The summed E-state index contributed by atoms with van der Waals surface area (Å²) in [6, 6.07) is 7.80. The highest BCUT2D eigenvalue weighted by Crippen LogP contribution is 2.26. The molecule has 0 amide bonds. The van der Waals surface area contributed by atoms with Crippen LogP contribution in [0, 0.1) is 10.1 Å². The summed E-state index contributed by atoms with van der Waals surface area (Å²) in [4.78, 5) is 21.9. The number of carbonyl (C=O) groups excluding carboxylic acids is 1. The SMILES string of the molecule is COc1ccc(Cl)cc1COC(=O)c1ccc(S(C)(=O)=O)c([N+](=O)[O-])c1. The fourth-order valence-corrected chi connectivity index (χ4v) is 3.21. The highest BCUT2D eigenvalue weighted by Gasteiger charge is 2.24. The standard InChI is InChI=1S/C16H14ClNO7S/c1-24-14-5-4-12(17)7-11(14)9-25-16(19)10-3-6-15(26(2,22)23)13(8-10)18(20)21/h3-8H,9H2,1-2H3. The molecule has 0 atom stereocenters. The molecule has 0 aliphatic heterocycles. The van der Waals surface area contributed by atoms with Crippen molar-refractivity contribution in [2.24, 2.45) is 0 Å². The minimum Gasteiger partial charge on any atom is -0.496 e. The van der Waals surface area contributed by atoms with Gasteiger partial charge in [0.1, 0.15) is 17.3 Å². The number of methoxy groups -OCH3 is 1. The van der Waals surface area contributed by atoms with Gasteiger partial charge in [-0.2, -0.15) is 0 Å². The van der Waals surface area contributed by atoms with E-state index in [1.165, 1.54) is 7.11 Å². The molecule has 0 aromatic heterocycles. The number of rotatable bonds is 6. The molecule has 8 nitrogen and oxygen atoms in total. The Balaban J connectivity index is 2.27. The number of carbonyl (C=O) groups is 1. The number of halogens is 1. The van der Waals surface area contributed by atoms with E-state index in [0.717, 1.165) is 24.5 Å². The first-order valence-corrected chi connectivity index (χ1v) is 9.38. The van der Waals surface area contributed by atoms with Crippen molar-refractivity contribution in [3.8, 4) is 5.75 Å². The molecule has 2 aromatic carbocycles. The Morgan fingerprint density at radius 2 is 1.92 bits per heavy atom. The lowest BCUT2D eigenvalue weighted by molar-refractivity contribution is -0.387. The van der Waals surface area contributed by atoms with Crippen LogP contribution in [0.15, 0.2) is 41.3 Å². The van der Waals surface area contributed by atoms with Gasteiger partial charge in [-0.1, -0.05) is 11.6 Å². The second kappa shape index (κ2) is 7.71. The molecule has 0 heterocycles. The van der Waals surface area contributed by atoms with Crippen LogP contribution in [0.2, 0.25) is 5.02 Å². The second-order valence-corrected chi connectivity index (χ2v) is 7.66. The first-order valence-electron chi connectivity index (χ1n) is 7.11. The lowest BCUT2D eigenvalue weighted by Gasteiger charge is -2.10. The smallest absolute Gasteiger partial charge is 0.338 e. The summed E-state index contributed by atoms with van der Waals surface area (Å²) in [6.07, 6.45) is 0.846. The van der Waals surface area contributed by atoms with Crippen molar-refractivity contribution < 1.29 is 27.6 Å². The van der Waals surface area contributed by atoms with E-state index in [0.29, 0.717) is 16.3 Å². The van der Waals surface area contributed by atoms with Crippen molar-refractivity contribution in [1.29, 1.82) is 0 Å². The van der Waals surface area contributed by atoms with Crippen molar-refractivity contribution in [3.63, 3.8) is 0 Å². The molecule has 26 heavy (non-hydrogen) atoms. The monoisotopic (exact) mass is 399 g/mol. The maximum atomic E-state index is 12.2. The van der Waals surface area contributed by atoms with Gasteiger partial charge < -0.3 is 9.47 Å². The average molecular weight is 400 g/mol. The summed E-state index contributed by atoms with van der Waals surface area (Å²) in [7, 11) is -2.37. The molecule has 0 aliphatic carbocycles. The predicted octanol–water partition coefficient (Wildman–Crippen LogP) is 3.02. The summed E-state index contributed by atoms with van der Waals surface area (Å²) in [5, 5.41) is 11.5. The number of nitro benzene ring substituents is 1. The Kier molecular flexibility index (Phi) is 5.83. The van der Waals surface area contributed by atoms with Gasteiger partial charge in [-0.05, 0) is 30.3 Å². The van der Waals surface area contributed by atoms with E-state index in [4.69, 9.17) is 21.1 Å². The predicted molar refractivity (Wildman–Crippen MR) is 93.3 cm³/mol. The minimum absolute atomic E-state index is 0.148. The van der Waals surface area contributed by atoms with Crippen molar-refractivity contribution in [1.82, 2.24) is 0 Å². The van der Waals surface area contributed by atoms with Crippen LogP contribution in [-0.4, -0.2) is 32.7 Å².